The van der Waals surface area contributed by atoms with Crippen molar-refractivity contribution in [1.82, 2.24) is 4.31 Å². The molecular formula is C9H10BrClF3NO3S. The lowest BCUT2D eigenvalue weighted by Crippen LogP contribution is -2.38. The molecule has 19 heavy (non-hydrogen) atoms. The zero-order valence-electron chi connectivity index (χ0n) is 9.67. The summed E-state index contributed by atoms with van der Waals surface area (Å²) in [4.78, 5) is -0.366. The predicted octanol–water partition coefficient (Wildman–Crippen LogP) is 3.35. The Hall–Kier alpha value is -0.250. The van der Waals surface area contributed by atoms with E-state index in [9.17, 15) is 21.6 Å². The maximum atomic E-state index is 12.3. The lowest BCUT2D eigenvalue weighted by atomic mass is 10.5. The Bertz CT molecular complexity index is 543. The van der Waals surface area contributed by atoms with Crippen LogP contribution < -0.4 is 0 Å². The molecule has 1 aromatic heterocycles. The van der Waals surface area contributed by atoms with Crippen LogP contribution in [0.15, 0.2) is 20.0 Å². The molecule has 0 atom stereocenters. The van der Waals surface area contributed by atoms with E-state index >= 15 is 0 Å². The van der Waals surface area contributed by atoms with Crippen LogP contribution >= 0.6 is 27.5 Å². The van der Waals surface area contributed by atoms with Crippen molar-refractivity contribution in [1.29, 1.82) is 0 Å². The highest BCUT2D eigenvalue weighted by atomic mass is 79.9. The van der Waals surface area contributed by atoms with Gasteiger partial charge >= 0.3 is 6.18 Å². The van der Waals surface area contributed by atoms with Gasteiger partial charge in [-0.1, -0.05) is 6.92 Å². The Kier molecular flexibility index (Phi) is 5.33. The van der Waals surface area contributed by atoms with Crippen LogP contribution in [0.4, 0.5) is 13.2 Å². The van der Waals surface area contributed by atoms with Gasteiger partial charge in [-0.05, 0) is 15.9 Å². The summed E-state index contributed by atoms with van der Waals surface area (Å²) in [5.41, 5.74) is 0. The molecule has 110 valence electrons. The van der Waals surface area contributed by atoms with Crippen molar-refractivity contribution in [2.75, 3.05) is 13.1 Å². The van der Waals surface area contributed by atoms with Crippen molar-refractivity contribution < 1.29 is 26.0 Å². The van der Waals surface area contributed by atoms with E-state index in [0.29, 0.717) is 4.31 Å². The molecule has 0 radical (unpaired) electrons. The standard InChI is InChI=1S/C9H10BrClF3NO3S/c1-2-15(5-9(12,13)14)19(16,17)7-3-6(4-11)18-8(7)10/h3H,2,4-5H2,1H3. The molecule has 0 amide bonds. The molecule has 0 aliphatic rings. The van der Waals surface area contributed by atoms with E-state index < -0.39 is 22.7 Å². The molecule has 1 rings (SSSR count). The number of furan rings is 1. The molecular weight excluding hydrogens is 375 g/mol. The largest absolute Gasteiger partial charge is 0.452 e. The highest BCUT2D eigenvalue weighted by molar-refractivity contribution is 9.10. The van der Waals surface area contributed by atoms with Gasteiger partial charge in [0.2, 0.25) is 10.0 Å². The Balaban J connectivity index is 3.17. The Labute approximate surface area is 121 Å². The average molecular weight is 385 g/mol. The number of sulfonamides is 1. The molecule has 0 unspecified atom stereocenters. The molecule has 1 heterocycles. The second-order valence-electron chi connectivity index (χ2n) is 3.53. The fourth-order valence-electron chi connectivity index (χ4n) is 1.35. The van der Waals surface area contributed by atoms with Crippen molar-refractivity contribution in [2.24, 2.45) is 0 Å². The molecule has 0 saturated heterocycles. The highest BCUT2D eigenvalue weighted by Crippen LogP contribution is 2.30. The molecule has 0 saturated carbocycles. The molecule has 10 heteroatoms. The number of hydrogen-bond donors (Lipinski definition) is 0. The second-order valence-corrected chi connectivity index (χ2v) is 6.42. The fourth-order valence-corrected chi connectivity index (χ4v) is 3.87. The lowest BCUT2D eigenvalue weighted by molar-refractivity contribution is -0.135. The molecule has 0 bridgehead atoms. The van der Waals surface area contributed by atoms with Crippen LogP contribution in [-0.2, 0) is 15.9 Å². The molecule has 0 aliphatic heterocycles. The maximum absolute atomic E-state index is 12.3. The third kappa shape index (κ3) is 4.11. The molecule has 0 N–H and O–H groups in total. The first-order valence-electron chi connectivity index (χ1n) is 5.03. The smallest absolute Gasteiger partial charge is 0.402 e. The first-order chi connectivity index (χ1) is 8.61. The van der Waals surface area contributed by atoms with Gasteiger partial charge in [0.25, 0.3) is 0 Å². The summed E-state index contributed by atoms with van der Waals surface area (Å²) in [6, 6.07) is 1.10. The quantitative estimate of drug-likeness (QED) is 0.732. The second kappa shape index (κ2) is 6.02. The Morgan fingerprint density at radius 3 is 2.42 bits per heavy atom. The van der Waals surface area contributed by atoms with E-state index in [4.69, 9.17) is 16.0 Å². The predicted molar refractivity (Wildman–Crippen MR) is 66.5 cm³/mol. The molecule has 0 aromatic carbocycles. The molecule has 0 aliphatic carbocycles. The van der Waals surface area contributed by atoms with Gasteiger partial charge in [-0.25, -0.2) is 8.42 Å². The van der Waals surface area contributed by atoms with Crippen LogP contribution in [0.5, 0.6) is 0 Å². The fraction of sp³-hybridized carbons (Fsp3) is 0.556. The monoisotopic (exact) mass is 383 g/mol. The first kappa shape index (κ1) is 16.8. The van der Waals surface area contributed by atoms with Gasteiger partial charge in [-0.3, -0.25) is 0 Å². The molecule has 1 aromatic rings. The maximum Gasteiger partial charge on any atom is 0.402 e. The SMILES string of the molecule is CCN(CC(F)(F)F)S(=O)(=O)c1cc(CCl)oc1Br. The van der Waals surface area contributed by atoms with Gasteiger partial charge in [0, 0.05) is 12.6 Å². The number of halogens is 5. The minimum Gasteiger partial charge on any atom is -0.452 e. The first-order valence-corrected chi connectivity index (χ1v) is 7.79. The summed E-state index contributed by atoms with van der Waals surface area (Å²) in [5.74, 6) is 0.0645. The number of hydrogen-bond acceptors (Lipinski definition) is 3. The van der Waals surface area contributed by atoms with Crippen LogP contribution in [-0.4, -0.2) is 32.0 Å². The summed E-state index contributed by atoms with van der Waals surface area (Å²) in [6.07, 6.45) is -4.62. The van der Waals surface area contributed by atoms with Crippen molar-refractivity contribution >= 4 is 37.6 Å². The molecule has 0 fully saturated rings. The van der Waals surface area contributed by atoms with Crippen LogP contribution in [0.3, 0.4) is 0 Å². The lowest BCUT2D eigenvalue weighted by Gasteiger charge is -2.21. The zero-order chi connectivity index (χ0) is 14.8. The van der Waals surface area contributed by atoms with E-state index in [1.54, 1.807) is 0 Å². The van der Waals surface area contributed by atoms with Gasteiger partial charge in [-0.15, -0.1) is 11.6 Å². The summed E-state index contributed by atoms with van der Waals surface area (Å²) in [6.45, 7) is -0.547. The third-order valence-electron chi connectivity index (χ3n) is 2.16. The number of rotatable bonds is 5. The average Bonchev–Trinajstić information content (AvgIpc) is 2.66. The summed E-state index contributed by atoms with van der Waals surface area (Å²) >= 11 is 8.34. The summed E-state index contributed by atoms with van der Waals surface area (Å²) in [5, 5.41) is 0. The van der Waals surface area contributed by atoms with E-state index in [-0.39, 0.29) is 27.8 Å². The van der Waals surface area contributed by atoms with Gasteiger partial charge < -0.3 is 4.42 Å². The van der Waals surface area contributed by atoms with Crippen molar-refractivity contribution in [3.63, 3.8) is 0 Å². The van der Waals surface area contributed by atoms with Gasteiger partial charge in [-0.2, -0.15) is 17.5 Å². The van der Waals surface area contributed by atoms with E-state index in [0.717, 1.165) is 6.07 Å². The Morgan fingerprint density at radius 1 is 1.47 bits per heavy atom. The zero-order valence-corrected chi connectivity index (χ0v) is 12.8. The van der Waals surface area contributed by atoms with Crippen LogP contribution in [0.2, 0.25) is 0 Å². The van der Waals surface area contributed by atoms with E-state index in [1.807, 2.05) is 0 Å². The molecule has 4 nitrogen and oxygen atoms in total. The van der Waals surface area contributed by atoms with Gasteiger partial charge in [0.15, 0.2) is 4.67 Å². The normalized spacial score (nSPS) is 13.2. The van der Waals surface area contributed by atoms with Crippen molar-refractivity contribution in [3.05, 3.63) is 16.5 Å². The topological polar surface area (TPSA) is 50.5 Å². The summed E-state index contributed by atoms with van der Waals surface area (Å²) < 4.78 is 66.3. The van der Waals surface area contributed by atoms with Crippen molar-refractivity contribution in [3.8, 4) is 0 Å². The number of alkyl halides is 4. The Morgan fingerprint density at radius 2 is 2.05 bits per heavy atom. The van der Waals surface area contributed by atoms with Crippen LogP contribution in [0, 0.1) is 0 Å². The van der Waals surface area contributed by atoms with Crippen LogP contribution in [0.1, 0.15) is 12.7 Å². The van der Waals surface area contributed by atoms with Crippen molar-refractivity contribution in [2.45, 2.75) is 23.9 Å². The van der Waals surface area contributed by atoms with E-state index in [1.165, 1.54) is 6.92 Å². The number of nitrogens with zero attached hydrogens (tertiary/aromatic N) is 1. The van der Waals surface area contributed by atoms with Gasteiger partial charge in [0.1, 0.15) is 17.2 Å². The van der Waals surface area contributed by atoms with Crippen LogP contribution in [0.25, 0.3) is 0 Å². The third-order valence-corrected chi connectivity index (χ3v) is 5.21. The minimum atomic E-state index is -4.62. The molecule has 0 spiro atoms. The summed E-state index contributed by atoms with van der Waals surface area (Å²) in [7, 11) is -4.29. The van der Waals surface area contributed by atoms with Gasteiger partial charge in [0.05, 0.1) is 5.88 Å². The van der Waals surface area contributed by atoms with E-state index in [2.05, 4.69) is 15.9 Å². The highest BCUT2D eigenvalue weighted by Gasteiger charge is 2.37. The minimum absolute atomic E-state index is 0.0838.